The number of ketones is 1. The van der Waals surface area contributed by atoms with Crippen LogP contribution in [-0.4, -0.2) is 24.0 Å². The van der Waals surface area contributed by atoms with Gasteiger partial charge in [-0.15, -0.1) is 0 Å². The average Bonchev–Trinajstić information content (AvgIpc) is 2.29. The van der Waals surface area contributed by atoms with Crippen LogP contribution >= 0.6 is 0 Å². The first-order chi connectivity index (χ1) is 8.37. The van der Waals surface area contributed by atoms with Crippen molar-refractivity contribution >= 4 is 11.9 Å². The van der Waals surface area contributed by atoms with E-state index < -0.39 is 5.60 Å². The molecule has 1 amide bonds. The van der Waals surface area contributed by atoms with Gasteiger partial charge in [-0.05, 0) is 39.5 Å². The second-order valence-corrected chi connectivity index (χ2v) is 5.36. The molecule has 0 spiro atoms. The van der Waals surface area contributed by atoms with Crippen molar-refractivity contribution in [3.05, 3.63) is 0 Å². The Morgan fingerprint density at radius 2 is 1.78 bits per heavy atom. The maximum atomic E-state index is 11.4. The van der Waals surface area contributed by atoms with Crippen LogP contribution in [-0.2, 0) is 9.53 Å². The van der Waals surface area contributed by atoms with Crippen molar-refractivity contribution in [3.8, 4) is 0 Å². The zero-order valence-corrected chi connectivity index (χ0v) is 12.3. The molecule has 1 fully saturated rings. The number of ether oxygens (including phenoxy) is 1. The van der Waals surface area contributed by atoms with Gasteiger partial charge < -0.3 is 10.1 Å². The molecule has 1 N–H and O–H groups in total. The standard InChI is InChI=1S/C12H21NO3.C2H6/c1-12(2,3)16-11(15)13-8-9-4-6-10(14)7-5-9;1-2/h9H,4-8H2,1-3H3,(H,13,15);1-2H3. The molecule has 1 saturated carbocycles. The number of alkyl carbamates (subject to hydrolysis) is 1. The Hall–Kier alpha value is -1.06. The fourth-order valence-corrected chi connectivity index (χ4v) is 1.75. The summed E-state index contributed by atoms with van der Waals surface area (Å²) in [6.45, 7) is 10.1. The predicted molar refractivity (Wildman–Crippen MR) is 72.5 cm³/mol. The lowest BCUT2D eigenvalue weighted by Gasteiger charge is -2.23. The molecule has 106 valence electrons. The van der Waals surface area contributed by atoms with E-state index in [1.165, 1.54) is 0 Å². The van der Waals surface area contributed by atoms with Gasteiger partial charge in [0.15, 0.2) is 0 Å². The highest BCUT2D eigenvalue weighted by molar-refractivity contribution is 5.79. The predicted octanol–water partition coefficient (Wildman–Crippen LogP) is 3.30. The topological polar surface area (TPSA) is 55.4 Å². The van der Waals surface area contributed by atoms with E-state index in [1.54, 1.807) is 0 Å². The van der Waals surface area contributed by atoms with Gasteiger partial charge in [-0.3, -0.25) is 4.79 Å². The Balaban J connectivity index is 0.00000137. The monoisotopic (exact) mass is 257 g/mol. The fourth-order valence-electron chi connectivity index (χ4n) is 1.75. The Morgan fingerprint density at radius 3 is 2.22 bits per heavy atom. The van der Waals surface area contributed by atoms with Crippen LogP contribution < -0.4 is 5.32 Å². The second-order valence-electron chi connectivity index (χ2n) is 5.36. The molecule has 0 aliphatic heterocycles. The van der Waals surface area contributed by atoms with E-state index in [0.29, 0.717) is 31.1 Å². The number of carbonyl (C=O) groups excluding carboxylic acids is 2. The minimum Gasteiger partial charge on any atom is -0.444 e. The summed E-state index contributed by atoms with van der Waals surface area (Å²) >= 11 is 0. The SMILES string of the molecule is CC.CC(C)(C)OC(=O)NCC1CCC(=O)CC1. The Morgan fingerprint density at radius 1 is 1.28 bits per heavy atom. The van der Waals surface area contributed by atoms with Gasteiger partial charge in [0.25, 0.3) is 0 Å². The van der Waals surface area contributed by atoms with Crippen LogP contribution in [0.3, 0.4) is 0 Å². The molecular formula is C14H27NO3. The molecular weight excluding hydrogens is 230 g/mol. The molecule has 1 aliphatic carbocycles. The zero-order valence-electron chi connectivity index (χ0n) is 12.3. The van der Waals surface area contributed by atoms with Crippen LogP contribution in [0.4, 0.5) is 4.79 Å². The molecule has 0 atom stereocenters. The molecule has 0 heterocycles. The van der Waals surface area contributed by atoms with Crippen LogP contribution in [0.15, 0.2) is 0 Å². The van der Waals surface area contributed by atoms with Crippen LogP contribution in [0, 0.1) is 5.92 Å². The summed E-state index contributed by atoms with van der Waals surface area (Å²) in [7, 11) is 0. The van der Waals surface area contributed by atoms with E-state index in [0.717, 1.165) is 12.8 Å². The summed E-state index contributed by atoms with van der Waals surface area (Å²) < 4.78 is 5.13. The molecule has 0 aromatic heterocycles. The van der Waals surface area contributed by atoms with Gasteiger partial charge in [0.1, 0.15) is 11.4 Å². The summed E-state index contributed by atoms with van der Waals surface area (Å²) in [4.78, 5) is 22.4. The van der Waals surface area contributed by atoms with E-state index in [-0.39, 0.29) is 6.09 Å². The molecule has 4 heteroatoms. The number of hydrogen-bond acceptors (Lipinski definition) is 3. The molecule has 0 radical (unpaired) electrons. The number of hydrogen-bond donors (Lipinski definition) is 1. The van der Waals surface area contributed by atoms with Gasteiger partial charge in [0.2, 0.25) is 0 Å². The van der Waals surface area contributed by atoms with Crippen molar-refractivity contribution in [1.82, 2.24) is 5.32 Å². The van der Waals surface area contributed by atoms with Gasteiger partial charge in [-0.25, -0.2) is 4.79 Å². The van der Waals surface area contributed by atoms with Gasteiger partial charge in [-0.1, -0.05) is 13.8 Å². The fraction of sp³-hybridized carbons (Fsp3) is 0.857. The summed E-state index contributed by atoms with van der Waals surface area (Å²) in [6.07, 6.45) is 2.70. The summed E-state index contributed by atoms with van der Waals surface area (Å²) in [5.74, 6) is 0.763. The van der Waals surface area contributed by atoms with E-state index in [4.69, 9.17) is 4.74 Å². The van der Waals surface area contributed by atoms with Gasteiger partial charge in [0.05, 0.1) is 0 Å². The van der Waals surface area contributed by atoms with Gasteiger partial charge in [-0.2, -0.15) is 0 Å². The van der Waals surface area contributed by atoms with Crippen LogP contribution in [0.1, 0.15) is 60.3 Å². The Kier molecular flexibility index (Phi) is 7.64. The average molecular weight is 257 g/mol. The van der Waals surface area contributed by atoms with Crippen molar-refractivity contribution in [2.24, 2.45) is 5.92 Å². The highest BCUT2D eigenvalue weighted by Gasteiger charge is 2.21. The van der Waals surface area contributed by atoms with Gasteiger partial charge in [0, 0.05) is 19.4 Å². The molecule has 1 aliphatic rings. The molecule has 18 heavy (non-hydrogen) atoms. The lowest BCUT2D eigenvalue weighted by molar-refractivity contribution is -0.120. The minimum absolute atomic E-state index is 0.341. The summed E-state index contributed by atoms with van der Waals surface area (Å²) in [5.41, 5.74) is -0.452. The van der Waals surface area contributed by atoms with E-state index in [9.17, 15) is 9.59 Å². The third-order valence-electron chi connectivity index (χ3n) is 2.60. The molecule has 4 nitrogen and oxygen atoms in total. The van der Waals surface area contributed by atoms with E-state index in [1.807, 2.05) is 34.6 Å². The maximum Gasteiger partial charge on any atom is 0.407 e. The third-order valence-corrected chi connectivity index (χ3v) is 2.60. The van der Waals surface area contributed by atoms with E-state index in [2.05, 4.69) is 5.32 Å². The first kappa shape index (κ1) is 16.9. The zero-order chi connectivity index (χ0) is 14.2. The number of amides is 1. The smallest absolute Gasteiger partial charge is 0.407 e. The molecule has 0 unspecified atom stereocenters. The van der Waals surface area contributed by atoms with Crippen molar-refractivity contribution in [3.63, 3.8) is 0 Å². The highest BCUT2D eigenvalue weighted by atomic mass is 16.6. The third kappa shape index (κ3) is 8.09. The van der Waals surface area contributed by atoms with Crippen molar-refractivity contribution < 1.29 is 14.3 Å². The highest BCUT2D eigenvalue weighted by Crippen LogP contribution is 2.20. The molecule has 1 rings (SSSR count). The molecule has 0 saturated heterocycles. The number of nitrogens with one attached hydrogen (secondary N) is 1. The molecule has 0 aromatic carbocycles. The Bertz CT molecular complexity index is 259. The largest absolute Gasteiger partial charge is 0.444 e. The lowest BCUT2D eigenvalue weighted by atomic mass is 9.88. The minimum atomic E-state index is -0.452. The second kappa shape index (κ2) is 8.11. The number of Topliss-reactive ketones (excluding diaryl/α,β-unsaturated/α-hetero) is 1. The molecule has 0 bridgehead atoms. The Labute approximate surface area is 110 Å². The van der Waals surface area contributed by atoms with Gasteiger partial charge >= 0.3 is 6.09 Å². The van der Waals surface area contributed by atoms with Crippen LogP contribution in [0.2, 0.25) is 0 Å². The number of carbonyl (C=O) groups is 2. The van der Waals surface area contributed by atoms with Crippen molar-refractivity contribution in [2.75, 3.05) is 6.54 Å². The molecule has 0 aromatic rings. The van der Waals surface area contributed by atoms with E-state index >= 15 is 0 Å². The van der Waals surface area contributed by atoms with Crippen LogP contribution in [0.25, 0.3) is 0 Å². The lowest BCUT2D eigenvalue weighted by Crippen LogP contribution is -2.36. The quantitative estimate of drug-likeness (QED) is 0.825. The normalized spacial score (nSPS) is 16.6. The van der Waals surface area contributed by atoms with Crippen molar-refractivity contribution in [1.29, 1.82) is 0 Å². The summed E-state index contributed by atoms with van der Waals surface area (Å²) in [6, 6.07) is 0. The first-order valence-corrected chi connectivity index (χ1v) is 6.85. The van der Waals surface area contributed by atoms with Crippen LogP contribution in [0.5, 0.6) is 0 Å². The number of rotatable bonds is 2. The maximum absolute atomic E-state index is 11.4. The van der Waals surface area contributed by atoms with Crippen molar-refractivity contribution in [2.45, 2.75) is 65.9 Å². The summed E-state index contributed by atoms with van der Waals surface area (Å²) in [5, 5.41) is 2.75. The first-order valence-electron chi connectivity index (χ1n) is 6.85.